The molecule has 31 heavy (non-hydrogen) atoms. The van der Waals surface area contributed by atoms with Crippen molar-refractivity contribution in [1.29, 1.82) is 0 Å². The van der Waals surface area contributed by atoms with Gasteiger partial charge in [0, 0.05) is 23.8 Å². The van der Waals surface area contributed by atoms with Crippen LogP contribution in [0.1, 0.15) is 34.5 Å². The van der Waals surface area contributed by atoms with Crippen LogP contribution in [0.3, 0.4) is 0 Å². The molecule has 1 amide bonds. The first-order valence-electron chi connectivity index (χ1n) is 9.12. The van der Waals surface area contributed by atoms with Crippen molar-refractivity contribution in [2.45, 2.75) is 19.1 Å². The number of benzene rings is 2. The highest BCUT2D eigenvalue weighted by Crippen LogP contribution is 2.30. The molecule has 1 atom stereocenters. The highest BCUT2D eigenvalue weighted by molar-refractivity contribution is 6.08. The van der Waals surface area contributed by atoms with Gasteiger partial charge in [0.25, 0.3) is 5.91 Å². The molecule has 0 spiro atoms. The number of fused-ring (bicyclic) bond motifs is 1. The summed E-state index contributed by atoms with van der Waals surface area (Å²) in [5.41, 5.74) is 0.607. The molecule has 4 aromatic rings. The molecule has 0 aliphatic heterocycles. The van der Waals surface area contributed by atoms with E-state index in [-0.39, 0.29) is 11.3 Å². The number of H-pyrrole nitrogens is 1. The molecule has 2 N–H and O–H groups in total. The SMILES string of the molecule is CC(c1ccc(C(F)(F)F)cc1)n1cc(C(=O)Nc2c[nH]c3cc(F)c(F)cc23)cn1. The summed E-state index contributed by atoms with van der Waals surface area (Å²) in [5.74, 6) is -2.58. The molecule has 2 heterocycles. The van der Waals surface area contributed by atoms with E-state index in [1.807, 2.05) is 0 Å². The Bertz CT molecular complexity index is 1260. The number of hydrogen-bond acceptors (Lipinski definition) is 2. The highest BCUT2D eigenvalue weighted by Gasteiger charge is 2.30. The van der Waals surface area contributed by atoms with Crippen LogP contribution in [0, 0.1) is 11.6 Å². The Hall–Kier alpha value is -3.69. The van der Waals surface area contributed by atoms with E-state index >= 15 is 0 Å². The van der Waals surface area contributed by atoms with Gasteiger partial charge in [0.1, 0.15) is 0 Å². The Kier molecular flexibility index (Phi) is 5.00. The Morgan fingerprint density at radius 2 is 1.81 bits per heavy atom. The van der Waals surface area contributed by atoms with E-state index in [9.17, 15) is 26.7 Å². The van der Waals surface area contributed by atoms with E-state index in [1.165, 1.54) is 35.4 Å². The molecule has 0 saturated carbocycles. The van der Waals surface area contributed by atoms with Gasteiger partial charge in [0.2, 0.25) is 0 Å². The average molecular weight is 434 g/mol. The van der Waals surface area contributed by atoms with E-state index < -0.39 is 35.3 Å². The number of alkyl halides is 3. The molecule has 0 bridgehead atoms. The summed E-state index contributed by atoms with van der Waals surface area (Å²) in [7, 11) is 0. The molecular formula is C21H15F5N4O. The van der Waals surface area contributed by atoms with Gasteiger partial charge in [-0.1, -0.05) is 12.1 Å². The molecular weight excluding hydrogens is 419 g/mol. The fraction of sp³-hybridized carbons (Fsp3) is 0.143. The van der Waals surface area contributed by atoms with Crippen molar-refractivity contribution in [1.82, 2.24) is 14.8 Å². The van der Waals surface area contributed by atoms with E-state index in [0.717, 1.165) is 24.3 Å². The molecule has 2 aromatic carbocycles. The Labute approximate surface area is 172 Å². The summed E-state index contributed by atoms with van der Waals surface area (Å²) < 4.78 is 66.5. The van der Waals surface area contributed by atoms with E-state index in [0.29, 0.717) is 16.5 Å². The maximum atomic E-state index is 13.5. The van der Waals surface area contributed by atoms with Crippen LogP contribution in [-0.2, 0) is 6.18 Å². The zero-order valence-electron chi connectivity index (χ0n) is 16.0. The number of halogens is 5. The topological polar surface area (TPSA) is 62.7 Å². The number of aromatic amines is 1. The maximum Gasteiger partial charge on any atom is 0.416 e. The van der Waals surface area contributed by atoms with Gasteiger partial charge >= 0.3 is 6.18 Å². The van der Waals surface area contributed by atoms with Crippen LogP contribution in [-0.4, -0.2) is 20.7 Å². The second kappa shape index (κ2) is 7.53. The van der Waals surface area contributed by atoms with Crippen LogP contribution in [0.4, 0.5) is 27.6 Å². The lowest BCUT2D eigenvalue weighted by Crippen LogP contribution is -2.12. The first-order valence-corrected chi connectivity index (χ1v) is 9.12. The van der Waals surface area contributed by atoms with Gasteiger partial charge < -0.3 is 10.3 Å². The van der Waals surface area contributed by atoms with Crippen LogP contribution < -0.4 is 5.32 Å². The number of nitrogens with one attached hydrogen (secondary N) is 2. The number of hydrogen-bond donors (Lipinski definition) is 2. The second-order valence-electron chi connectivity index (χ2n) is 6.97. The molecule has 0 saturated heterocycles. The van der Waals surface area contributed by atoms with Gasteiger partial charge in [0.05, 0.1) is 34.6 Å². The zero-order valence-corrected chi connectivity index (χ0v) is 16.0. The fourth-order valence-electron chi connectivity index (χ4n) is 3.19. The van der Waals surface area contributed by atoms with E-state index in [2.05, 4.69) is 15.4 Å². The molecule has 0 aliphatic rings. The molecule has 0 aliphatic carbocycles. The predicted molar refractivity (Wildman–Crippen MR) is 104 cm³/mol. The largest absolute Gasteiger partial charge is 0.416 e. The van der Waals surface area contributed by atoms with Gasteiger partial charge in [-0.15, -0.1) is 0 Å². The third kappa shape index (κ3) is 4.00. The predicted octanol–water partition coefficient (Wildman–Crippen LogP) is 5.52. The Balaban J connectivity index is 1.52. The van der Waals surface area contributed by atoms with Gasteiger partial charge in [-0.05, 0) is 30.7 Å². The number of carbonyl (C=O) groups is 1. The molecule has 160 valence electrons. The minimum atomic E-state index is -4.42. The number of anilines is 1. The summed E-state index contributed by atoms with van der Waals surface area (Å²) in [6.45, 7) is 1.73. The quantitative estimate of drug-likeness (QED) is 0.416. The van der Waals surface area contributed by atoms with Crippen LogP contribution >= 0.6 is 0 Å². The van der Waals surface area contributed by atoms with Crippen molar-refractivity contribution in [3.8, 4) is 0 Å². The maximum absolute atomic E-state index is 13.5. The van der Waals surface area contributed by atoms with Crippen LogP contribution in [0.25, 0.3) is 10.9 Å². The molecule has 4 rings (SSSR count). The van der Waals surface area contributed by atoms with Crippen molar-refractivity contribution in [3.63, 3.8) is 0 Å². The zero-order chi connectivity index (χ0) is 22.3. The average Bonchev–Trinajstić information content (AvgIpc) is 3.35. The van der Waals surface area contributed by atoms with Gasteiger partial charge in [-0.2, -0.15) is 18.3 Å². The number of carbonyl (C=O) groups excluding carboxylic acids is 1. The normalized spacial score (nSPS) is 12.8. The summed E-state index contributed by atoms with van der Waals surface area (Å²) in [6, 6.07) is 6.23. The standard InChI is InChI=1S/C21H15F5N4O/c1-11(12-2-4-14(5-3-12)21(24,25)26)30-10-13(8-28-30)20(31)29-19-9-27-18-7-17(23)16(22)6-15(18)19/h2-11,27H,1H3,(H,29,31). The smallest absolute Gasteiger partial charge is 0.359 e. The lowest BCUT2D eigenvalue weighted by Gasteiger charge is -2.14. The van der Waals surface area contributed by atoms with Crippen molar-refractivity contribution in [3.05, 3.63) is 83.3 Å². The Morgan fingerprint density at radius 1 is 1.13 bits per heavy atom. The van der Waals surface area contributed by atoms with E-state index in [1.54, 1.807) is 6.92 Å². The summed E-state index contributed by atoms with van der Waals surface area (Å²) >= 11 is 0. The van der Waals surface area contributed by atoms with Crippen molar-refractivity contribution < 1.29 is 26.7 Å². The highest BCUT2D eigenvalue weighted by atomic mass is 19.4. The van der Waals surface area contributed by atoms with Crippen molar-refractivity contribution in [2.24, 2.45) is 0 Å². The minimum Gasteiger partial charge on any atom is -0.359 e. The lowest BCUT2D eigenvalue weighted by molar-refractivity contribution is -0.137. The van der Waals surface area contributed by atoms with E-state index in [4.69, 9.17) is 0 Å². The van der Waals surface area contributed by atoms with Crippen LogP contribution in [0.5, 0.6) is 0 Å². The third-order valence-electron chi connectivity index (χ3n) is 4.95. The molecule has 10 heteroatoms. The fourth-order valence-corrected chi connectivity index (χ4v) is 3.19. The molecule has 2 aromatic heterocycles. The number of nitrogens with zero attached hydrogens (tertiary/aromatic N) is 2. The van der Waals surface area contributed by atoms with Gasteiger partial charge in [-0.25, -0.2) is 8.78 Å². The van der Waals surface area contributed by atoms with Crippen molar-refractivity contribution in [2.75, 3.05) is 5.32 Å². The molecule has 0 radical (unpaired) electrons. The van der Waals surface area contributed by atoms with Crippen LogP contribution in [0.15, 0.2) is 55.0 Å². The summed E-state index contributed by atoms with van der Waals surface area (Å²) in [6.07, 6.45) is -0.246. The summed E-state index contributed by atoms with van der Waals surface area (Å²) in [4.78, 5) is 15.3. The first kappa shape index (κ1) is 20.6. The third-order valence-corrected chi connectivity index (χ3v) is 4.95. The van der Waals surface area contributed by atoms with Gasteiger partial charge in [0.15, 0.2) is 11.6 Å². The lowest BCUT2D eigenvalue weighted by atomic mass is 10.1. The molecule has 1 unspecified atom stereocenters. The Morgan fingerprint density at radius 3 is 2.48 bits per heavy atom. The number of rotatable bonds is 4. The number of amides is 1. The summed E-state index contributed by atoms with van der Waals surface area (Å²) in [5, 5.41) is 7.03. The first-order chi connectivity index (χ1) is 14.6. The second-order valence-corrected chi connectivity index (χ2v) is 6.97. The molecule has 0 fully saturated rings. The minimum absolute atomic E-state index is 0.190. The molecule has 5 nitrogen and oxygen atoms in total. The number of aromatic nitrogens is 3. The van der Waals surface area contributed by atoms with Gasteiger partial charge in [-0.3, -0.25) is 9.48 Å². The van der Waals surface area contributed by atoms with Crippen LogP contribution in [0.2, 0.25) is 0 Å². The monoisotopic (exact) mass is 434 g/mol. The van der Waals surface area contributed by atoms with Crippen molar-refractivity contribution >= 4 is 22.5 Å².